The number of hydrogen-bond donors (Lipinski definition) is 5. The number of nitrogens with one attached hydrogen (secondary N) is 4. The fraction of sp³-hybridized carbons (Fsp3) is 0.558. The molecule has 2 saturated heterocycles. The van der Waals surface area contributed by atoms with Gasteiger partial charge in [-0.1, -0.05) is 47.6 Å². The number of carboxylic acid groups (broad SMARTS) is 1. The number of nitrogens with zero attached hydrogens (tertiary/aromatic N) is 4. The van der Waals surface area contributed by atoms with Gasteiger partial charge in [0, 0.05) is 47.8 Å². The minimum absolute atomic E-state index is 0.00905. The van der Waals surface area contributed by atoms with Gasteiger partial charge in [-0.2, -0.15) is 0 Å². The molecule has 0 spiro atoms. The number of ether oxygens (including phenoxy) is 2. The highest BCUT2D eigenvalue weighted by molar-refractivity contribution is 7.89. The number of rotatable bonds is 14. The molecule has 3 aliphatic rings. The summed E-state index contributed by atoms with van der Waals surface area (Å²) in [4.78, 5) is 80.1. The lowest BCUT2D eigenvalue weighted by atomic mass is 9.85. The van der Waals surface area contributed by atoms with Crippen LogP contribution in [0.15, 0.2) is 42.3 Å². The Kier molecular flexibility index (Phi) is 13.1. The number of benzene rings is 1. The van der Waals surface area contributed by atoms with Crippen molar-refractivity contribution in [2.75, 3.05) is 31.3 Å². The number of hydrogen-bond acceptors (Lipinski definition) is 13. The molecule has 63 heavy (non-hydrogen) atoms. The molecule has 1 saturated carbocycles. The van der Waals surface area contributed by atoms with Gasteiger partial charge in [-0.3, -0.25) is 14.4 Å². The van der Waals surface area contributed by atoms with Gasteiger partial charge in [0.05, 0.1) is 30.6 Å². The van der Waals surface area contributed by atoms with Crippen molar-refractivity contribution in [3.05, 3.63) is 42.3 Å². The van der Waals surface area contributed by atoms with E-state index >= 15 is 0 Å². The summed E-state index contributed by atoms with van der Waals surface area (Å²) >= 11 is 1.42. The van der Waals surface area contributed by atoms with E-state index in [1.807, 2.05) is 19.2 Å². The number of carbonyl (C=O) groups excluding carboxylic acids is 4. The maximum Gasteiger partial charge on any atom is 0.330 e. The first-order chi connectivity index (χ1) is 29.4. The molecule has 1 aliphatic carbocycles. The Morgan fingerprint density at radius 2 is 1.67 bits per heavy atom. The number of carboxylic acids is 1. The molecule has 6 atom stereocenters. The predicted molar refractivity (Wildman–Crippen MR) is 238 cm³/mol. The second-order valence-electron chi connectivity index (χ2n) is 18.8. The zero-order valence-corrected chi connectivity index (χ0v) is 38.7. The number of pyridine rings is 1. The van der Waals surface area contributed by atoms with Gasteiger partial charge in [0.2, 0.25) is 21.8 Å². The molecule has 5 N–H and O–H groups in total. The van der Waals surface area contributed by atoms with Crippen LogP contribution >= 0.6 is 11.3 Å². The minimum Gasteiger partial charge on any atom is -0.497 e. The van der Waals surface area contributed by atoms with Crippen molar-refractivity contribution in [1.29, 1.82) is 0 Å². The number of thiazole rings is 1. The third-order valence-electron chi connectivity index (χ3n) is 11.4. The van der Waals surface area contributed by atoms with E-state index in [0.29, 0.717) is 38.9 Å². The largest absolute Gasteiger partial charge is 0.497 e. The fourth-order valence-corrected chi connectivity index (χ4v) is 10.3. The molecule has 342 valence electrons. The van der Waals surface area contributed by atoms with E-state index in [4.69, 9.17) is 19.4 Å². The summed E-state index contributed by atoms with van der Waals surface area (Å²) in [6.45, 7) is 17.8. The first-order valence-electron chi connectivity index (χ1n) is 20.9. The first kappa shape index (κ1) is 47.0. The van der Waals surface area contributed by atoms with E-state index in [-0.39, 0.29) is 44.1 Å². The lowest BCUT2D eigenvalue weighted by Gasteiger charge is -2.37. The van der Waals surface area contributed by atoms with E-state index in [9.17, 15) is 37.5 Å². The topological polar surface area (TPSA) is 239 Å². The summed E-state index contributed by atoms with van der Waals surface area (Å²) in [5.74, 6) is -3.18. The van der Waals surface area contributed by atoms with Gasteiger partial charge in [0.15, 0.2) is 5.13 Å². The number of aliphatic carboxylic acids is 1. The van der Waals surface area contributed by atoms with Crippen molar-refractivity contribution in [3.8, 4) is 22.9 Å². The molecule has 2 unspecified atom stereocenters. The number of fused-ring (bicyclic) bond motifs is 1. The van der Waals surface area contributed by atoms with E-state index in [1.54, 1.807) is 72.9 Å². The highest BCUT2D eigenvalue weighted by atomic mass is 32.2. The maximum absolute atomic E-state index is 14.9. The summed E-state index contributed by atoms with van der Waals surface area (Å²) in [6.07, 6.45) is 1.00. The van der Waals surface area contributed by atoms with Crippen LogP contribution in [0, 0.1) is 16.7 Å². The molecule has 3 aromatic rings. The van der Waals surface area contributed by atoms with Crippen LogP contribution in [0.4, 0.5) is 9.93 Å². The Morgan fingerprint density at radius 1 is 1.00 bits per heavy atom. The minimum atomic E-state index is -3.85. The molecule has 4 heterocycles. The highest BCUT2D eigenvalue weighted by Crippen LogP contribution is 2.45. The lowest BCUT2D eigenvalue weighted by Crippen LogP contribution is -2.62. The van der Waals surface area contributed by atoms with Crippen molar-refractivity contribution >= 4 is 67.1 Å². The normalized spacial score (nSPS) is 22.9. The number of anilines is 1. The van der Waals surface area contributed by atoms with Gasteiger partial charge in [0.25, 0.3) is 5.91 Å². The van der Waals surface area contributed by atoms with Crippen LogP contribution < -0.4 is 30.7 Å². The van der Waals surface area contributed by atoms with Crippen molar-refractivity contribution in [1.82, 2.24) is 35.1 Å². The molecule has 6 rings (SSSR count). The second-order valence-corrected chi connectivity index (χ2v) is 21.7. The average Bonchev–Trinajstić information content (AvgIpc) is 3.47. The zero-order valence-electron chi connectivity index (χ0n) is 37.1. The molecule has 1 aromatic carbocycles. The number of aromatic nitrogens is 2. The summed E-state index contributed by atoms with van der Waals surface area (Å²) in [5, 5.41) is 24.7. The number of methoxy groups -OCH3 is 1. The van der Waals surface area contributed by atoms with Crippen molar-refractivity contribution in [2.45, 2.75) is 110 Å². The third kappa shape index (κ3) is 10.0. The number of sulfonamides is 1. The SMILES string of the molecule is C=CC1C[C@]1(NC(=O)[C@@H]1C[C@@H](Oc2cc(-c3csc(NC(C)C)n3)nc3cc(OC)ccc23)CN1C(=O)[C@@H](NC(=O)NC(C(=O)N1CCCS1(=O)=O)C(C)(C)C)C(C)(C)C)C(=O)O. The molecule has 2 aliphatic heterocycles. The van der Waals surface area contributed by atoms with Gasteiger partial charge < -0.3 is 40.7 Å². The summed E-state index contributed by atoms with van der Waals surface area (Å²) in [5.41, 5.74) is -1.88. The quantitative estimate of drug-likeness (QED) is 0.142. The van der Waals surface area contributed by atoms with Crippen LogP contribution in [0.5, 0.6) is 11.5 Å². The summed E-state index contributed by atoms with van der Waals surface area (Å²) < 4.78 is 38.4. The highest BCUT2D eigenvalue weighted by Gasteiger charge is 2.61. The summed E-state index contributed by atoms with van der Waals surface area (Å²) in [6, 6.07) is 2.48. The smallest absolute Gasteiger partial charge is 0.330 e. The number of carbonyl (C=O) groups is 5. The van der Waals surface area contributed by atoms with E-state index in [1.165, 1.54) is 22.3 Å². The van der Waals surface area contributed by atoms with E-state index < -0.39 is 86.3 Å². The number of amides is 5. The zero-order chi connectivity index (χ0) is 46.4. The van der Waals surface area contributed by atoms with Gasteiger partial charge >= 0.3 is 12.0 Å². The van der Waals surface area contributed by atoms with Crippen molar-refractivity contribution in [3.63, 3.8) is 0 Å². The Morgan fingerprint density at radius 3 is 2.22 bits per heavy atom. The number of likely N-dealkylation sites (tertiary alicyclic amines) is 1. The van der Waals surface area contributed by atoms with E-state index in [2.05, 4.69) is 27.8 Å². The molecule has 0 bridgehead atoms. The third-order valence-corrected chi connectivity index (χ3v) is 14.1. The van der Waals surface area contributed by atoms with Crippen LogP contribution in [0.3, 0.4) is 0 Å². The summed E-state index contributed by atoms with van der Waals surface area (Å²) in [7, 11) is -2.31. The van der Waals surface area contributed by atoms with Crippen molar-refractivity contribution in [2.24, 2.45) is 16.7 Å². The molecule has 20 heteroatoms. The van der Waals surface area contributed by atoms with Gasteiger partial charge in [-0.25, -0.2) is 32.3 Å². The average molecular weight is 911 g/mol. The molecule has 5 amide bonds. The molecule has 18 nitrogen and oxygen atoms in total. The Hall–Kier alpha value is -5.50. The van der Waals surface area contributed by atoms with Crippen molar-refractivity contribution < 1.29 is 47.0 Å². The first-order valence-corrected chi connectivity index (χ1v) is 23.3. The second kappa shape index (κ2) is 17.6. The van der Waals surface area contributed by atoms with Gasteiger partial charge in [-0.05, 0) is 49.7 Å². The molecule has 3 fully saturated rings. The lowest BCUT2D eigenvalue weighted by molar-refractivity contribution is -0.146. The maximum atomic E-state index is 14.9. The molecular formula is C43H58N8O10S2. The Balaban J connectivity index is 1.33. The fourth-order valence-electron chi connectivity index (χ4n) is 7.91. The standard InChI is InChI=1S/C43H58N8O10S2/c1-11-24-20-43(24,38(55)56)49-35(52)31-18-26(61-32-19-29(30-22-62-40(46-30)44-23(2)3)45-28-17-25(60-10)13-14-27(28)32)21-50(31)36(53)33(41(4,5)6)47-39(57)48-34(42(7,8)9)37(54)51-15-12-16-63(51,58)59/h11,13-14,17,19,22-24,26,31,33-34H,1,12,15-16,18,20-21H2,2-10H3,(H,44,46)(H,49,52)(H,55,56)(H2,47,48,57)/t24?,26-,31+,33-,34?,43-/m1/s1. The van der Waals surface area contributed by atoms with E-state index in [0.717, 1.165) is 4.31 Å². The predicted octanol–water partition coefficient (Wildman–Crippen LogP) is 4.37. The van der Waals surface area contributed by atoms with Gasteiger partial charge in [0.1, 0.15) is 47.0 Å². The number of urea groups is 1. The Bertz CT molecular complexity index is 2410. The molecular weight excluding hydrogens is 853 g/mol. The van der Waals surface area contributed by atoms with Crippen LogP contribution in [-0.2, 0) is 29.2 Å². The Labute approximate surface area is 371 Å². The van der Waals surface area contributed by atoms with Gasteiger partial charge in [-0.15, -0.1) is 17.9 Å². The van der Waals surface area contributed by atoms with Crippen LogP contribution in [-0.4, -0.2) is 124 Å². The molecule has 2 aromatic heterocycles. The van der Waals surface area contributed by atoms with Crippen LogP contribution in [0.1, 0.15) is 74.7 Å². The van der Waals surface area contributed by atoms with Crippen LogP contribution in [0.2, 0.25) is 0 Å². The monoisotopic (exact) mass is 910 g/mol. The van der Waals surface area contributed by atoms with Crippen LogP contribution in [0.25, 0.3) is 22.3 Å². The molecule has 0 radical (unpaired) electrons.